The van der Waals surface area contributed by atoms with E-state index in [1.54, 1.807) is 0 Å². The Hall–Kier alpha value is -1.59. The summed E-state index contributed by atoms with van der Waals surface area (Å²) in [6.07, 6.45) is 2.53. The number of unbranched alkanes of at least 4 members (excludes halogenated alkanes) is 1. The zero-order valence-corrected chi connectivity index (χ0v) is 9.99. The van der Waals surface area contributed by atoms with E-state index in [-0.39, 0.29) is 6.54 Å². The number of nitrogens with one attached hydrogen (secondary N) is 1. The summed E-state index contributed by atoms with van der Waals surface area (Å²) in [5.74, 6) is -1.63. The maximum absolute atomic E-state index is 13.1. The summed E-state index contributed by atoms with van der Waals surface area (Å²) in [4.78, 5) is 24.0. The van der Waals surface area contributed by atoms with Crippen LogP contribution >= 0.6 is 0 Å². The van der Waals surface area contributed by atoms with Gasteiger partial charge in [0.2, 0.25) is 11.7 Å². The van der Waals surface area contributed by atoms with Crippen LogP contribution in [-0.4, -0.2) is 14.7 Å². The molecule has 96 valence electrons. The van der Waals surface area contributed by atoms with Crippen molar-refractivity contribution in [2.75, 3.05) is 0 Å². The first-order valence-corrected chi connectivity index (χ1v) is 5.65. The zero-order valence-electron chi connectivity index (χ0n) is 9.99. The van der Waals surface area contributed by atoms with Crippen LogP contribution < -0.4 is 11.2 Å². The van der Waals surface area contributed by atoms with Crippen LogP contribution in [0.3, 0.4) is 0 Å². The number of halogens is 1. The molecule has 0 fully saturated rings. The first-order chi connectivity index (χ1) is 7.93. The third kappa shape index (κ3) is 3.44. The Kier molecular flexibility index (Phi) is 4.48. The van der Waals surface area contributed by atoms with E-state index in [0.29, 0.717) is 12.3 Å². The molecule has 0 spiro atoms. The van der Waals surface area contributed by atoms with Crippen LogP contribution in [0.4, 0.5) is 4.39 Å². The van der Waals surface area contributed by atoms with Gasteiger partial charge in [-0.25, -0.2) is 4.79 Å². The molecule has 0 aromatic carbocycles. The molecule has 0 aliphatic carbocycles. The Morgan fingerprint density at radius 3 is 2.59 bits per heavy atom. The van der Waals surface area contributed by atoms with Crippen molar-refractivity contribution in [3.05, 3.63) is 26.7 Å². The minimum atomic E-state index is -1.31. The molecule has 1 aromatic heterocycles. The average Bonchev–Trinajstić information content (AvgIpc) is 2.24. The molecule has 0 aliphatic heterocycles. The number of nitrogens with zero attached hydrogens (tertiary/aromatic N) is 1. The third-order valence-electron chi connectivity index (χ3n) is 2.53. The molecule has 6 heteroatoms. The summed E-state index contributed by atoms with van der Waals surface area (Å²) in [7, 11) is 0. The number of hydrogen-bond donors (Lipinski definition) is 2. The van der Waals surface area contributed by atoms with Gasteiger partial charge in [0, 0.05) is 6.54 Å². The van der Waals surface area contributed by atoms with E-state index >= 15 is 0 Å². The molecule has 1 rings (SSSR count). The largest absolute Gasteiger partial charge is 0.492 e. The molecular formula is C11H17FN2O3. The minimum absolute atomic E-state index is 0.199. The van der Waals surface area contributed by atoms with E-state index < -0.39 is 22.9 Å². The number of aromatic nitrogens is 2. The highest BCUT2D eigenvalue weighted by molar-refractivity contribution is 5.09. The van der Waals surface area contributed by atoms with E-state index in [1.165, 1.54) is 0 Å². The predicted octanol–water partition coefficient (Wildman–Crippen LogP) is 1.21. The molecule has 2 N–H and O–H groups in total. The second-order valence-electron chi connectivity index (χ2n) is 4.44. The van der Waals surface area contributed by atoms with Gasteiger partial charge in [0.15, 0.2) is 0 Å². The lowest BCUT2D eigenvalue weighted by Crippen LogP contribution is -2.31. The lowest BCUT2D eigenvalue weighted by atomic mass is 10.1. The average molecular weight is 244 g/mol. The third-order valence-corrected chi connectivity index (χ3v) is 2.53. The molecule has 0 atom stereocenters. The van der Waals surface area contributed by atoms with Crippen LogP contribution in [0.5, 0.6) is 5.88 Å². The lowest BCUT2D eigenvalue weighted by Gasteiger charge is -2.08. The van der Waals surface area contributed by atoms with Crippen molar-refractivity contribution < 1.29 is 9.50 Å². The fraction of sp³-hybridized carbons (Fsp3) is 0.636. The van der Waals surface area contributed by atoms with Gasteiger partial charge in [0.25, 0.3) is 5.56 Å². The standard InChI is InChI=1S/C11H17FN2O3/c1-7(2)5-3-4-6-14-10(16)8(12)9(15)13-11(14)17/h7,16H,3-6H2,1-2H3,(H,13,15,17). The molecule has 0 aliphatic rings. The predicted molar refractivity (Wildman–Crippen MR) is 61.6 cm³/mol. The van der Waals surface area contributed by atoms with Crippen molar-refractivity contribution in [3.63, 3.8) is 0 Å². The van der Waals surface area contributed by atoms with Crippen LogP contribution in [0, 0.1) is 11.7 Å². The number of hydrogen-bond acceptors (Lipinski definition) is 3. The monoisotopic (exact) mass is 244 g/mol. The summed E-state index contributed by atoms with van der Waals surface area (Å²) >= 11 is 0. The zero-order chi connectivity index (χ0) is 13.0. The fourth-order valence-electron chi connectivity index (χ4n) is 1.57. The van der Waals surface area contributed by atoms with Crippen molar-refractivity contribution in [1.29, 1.82) is 0 Å². The Morgan fingerprint density at radius 1 is 1.35 bits per heavy atom. The molecule has 0 amide bonds. The van der Waals surface area contributed by atoms with Crippen molar-refractivity contribution >= 4 is 0 Å². The molecule has 0 bridgehead atoms. The van der Waals surface area contributed by atoms with Gasteiger partial charge in [-0.1, -0.05) is 26.7 Å². The van der Waals surface area contributed by atoms with E-state index in [1.807, 2.05) is 4.98 Å². The van der Waals surface area contributed by atoms with Gasteiger partial charge < -0.3 is 5.11 Å². The van der Waals surface area contributed by atoms with Gasteiger partial charge in [0.1, 0.15) is 0 Å². The second kappa shape index (κ2) is 5.65. The molecule has 0 saturated carbocycles. The summed E-state index contributed by atoms with van der Waals surface area (Å²) in [6, 6.07) is 0. The number of H-pyrrole nitrogens is 1. The highest BCUT2D eigenvalue weighted by Gasteiger charge is 2.12. The fourth-order valence-corrected chi connectivity index (χ4v) is 1.57. The molecule has 17 heavy (non-hydrogen) atoms. The summed E-state index contributed by atoms with van der Waals surface area (Å²) in [5.41, 5.74) is -1.97. The second-order valence-corrected chi connectivity index (χ2v) is 4.44. The topological polar surface area (TPSA) is 75.1 Å². The molecule has 1 aromatic rings. The summed E-state index contributed by atoms with van der Waals surface area (Å²) in [6.45, 7) is 4.37. The Bertz CT molecular complexity index is 490. The summed E-state index contributed by atoms with van der Waals surface area (Å²) < 4.78 is 13.9. The van der Waals surface area contributed by atoms with Gasteiger partial charge in [0.05, 0.1) is 0 Å². The van der Waals surface area contributed by atoms with Crippen LogP contribution in [0.15, 0.2) is 9.59 Å². The Morgan fingerprint density at radius 2 is 2.00 bits per heavy atom. The van der Waals surface area contributed by atoms with E-state index in [4.69, 9.17) is 0 Å². The van der Waals surface area contributed by atoms with Crippen molar-refractivity contribution in [2.45, 2.75) is 39.7 Å². The molecule has 5 nitrogen and oxygen atoms in total. The van der Waals surface area contributed by atoms with Gasteiger partial charge >= 0.3 is 5.69 Å². The van der Waals surface area contributed by atoms with Gasteiger partial charge in [-0.3, -0.25) is 14.3 Å². The quantitative estimate of drug-likeness (QED) is 0.764. The van der Waals surface area contributed by atoms with Gasteiger partial charge in [-0.15, -0.1) is 0 Å². The minimum Gasteiger partial charge on any atom is -0.492 e. The Balaban J connectivity index is 2.75. The molecular weight excluding hydrogens is 227 g/mol. The molecule has 1 heterocycles. The van der Waals surface area contributed by atoms with Gasteiger partial charge in [-0.05, 0) is 12.3 Å². The van der Waals surface area contributed by atoms with Crippen molar-refractivity contribution in [1.82, 2.24) is 9.55 Å². The van der Waals surface area contributed by atoms with Crippen LogP contribution in [-0.2, 0) is 6.54 Å². The highest BCUT2D eigenvalue weighted by Crippen LogP contribution is 2.11. The van der Waals surface area contributed by atoms with Crippen molar-refractivity contribution in [3.8, 4) is 5.88 Å². The normalized spacial score (nSPS) is 11.1. The number of aromatic amines is 1. The number of aromatic hydroxyl groups is 1. The lowest BCUT2D eigenvalue weighted by molar-refractivity contribution is 0.354. The maximum Gasteiger partial charge on any atom is 0.331 e. The molecule has 0 radical (unpaired) electrons. The summed E-state index contributed by atoms with van der Waals surface area (Å²) in [5, 5.41) is 9.34. The maximum atomic E-state index is 13.1. The van der Waals surface area contributed by atoms with Crippen molar-refractivity contribution in [2.24, 2.45) is 5.92 Å². The Labute approximate surface area is 97.9 Å². The van der Waals surface area contributed by atoms with Gasteiger partial charge in [-0.2, -0.15) is 4.39 Å². The van der Waals surface area contributed by atoms with Crippen LogP contribution in [0.25, 0.3) is 0 Å². The first-order valence-electron chi connectivity index (χ1n) is 5.65. The van der Waals surface area contributed by atoms with Crippen LogP contribution in [0.2, 0.25) is 0 Å². The van der Waals surface area contributed by atoms with Crippen LogP contribution in [0.1, 0.15) is 33.1 Å². The van der Waals surface area contributed by atoms with E-state index in [9.17, 15) is 19.1 Å². The highest BCUT2D eigenvalue weighted by atomic mass is 19.1. The molecule has 0 saturated heterocycles. The molecule has 0 unspecified atom stereocenters. The van der Waals surface area contributed by atoms with E-state index in [2.05, 4.69) is 13.8 Å². The first kappa shape index (κ1) is 13.5. The smallest absolute Gasteiger partial charge is 0.331 e. The van der Waals surface area contributed by atoms with E-state index in [0.717, 1.165) is 17.4 Å². The SMILES string of the molecule is CC(C)CCCCn1c(O)c(F)c(=O)[nH]c1=O. The number of rotatable bonds is 5.